The lowest BCUT2D eigenvalue weighted by molar-refractivity contribution is 0.0574. The number of benzene rings is 1. The van der Waals surface area contributed by atoms with Crippen LogP contribution in [0.5, 0.6) is 0 Å². The van der Waals surface area contributed by atoms with Crippen molar-refractivity contribution in [2.75, 3.05) is 18.8 Å². The molecule has 1 aliphatic carbocycles. The highest BCUT2D eigenvalue weighted by molar-refractivity contribution is 7.80. The van der Waals surface area contributed by atoms with Crippen molar-refractivity contribution < 1.29 is 0 Å². The summed E-state index contributed by atoms with van der Waals surface area (Å²) in [6, 6.07) is 11.8. The average Bonchev–Trinajstić information content (AvgIpc) is 2.53. The van der Waals surface area contributed by atoms with Gasteiger partial charge in [-0.15, -0.1) is 0 Å². The number of hydrogen-bond donors (Lipinski definition) is 1. The van der Waals surface area contributed by atoms with E-state index >= 15 is 0 Å². The minimum Gasteiger partial charge on any atom is -0.299 e. The van der Waals surface area contributed by atoms with E-state index in [0.29, 0.717) is 5.92 Å². The summed E-state index contributed by atoms with van der Waals surface area (Å²) in [6.07, 6.45) is 8.67. The van der Waals surface area contributed by atoms with Gasteiger partial charge in [0, 0.05) is 18.5 Å². The Labute approximate surface area is 129 Å². The Balaban J connectivity index is 1.68. The summed E-state index contributed by atoms with van der Waals surface area (Å²) in [5.41, 5.74) is 1.46. The predicted octanol–water partition coefficient (Wildman–Crippen LogP) is 4.35. The van der Waals surface area contributed by atoms with Gasteiger partial charge < -0.3 is 0 Å². The third-order valence-corrected chi connectivity index (χ3v) is 5.75. The van der Waals surface area contributed by atoms with Crippen LogP contribution in [0.15, 0.2) is 30.3 Å². The number of fused-ring (bicyclic) bond motifs is 1. The van der Waals surface area contributed by atoms with Crippen molar-refractivity contribution in [3.63, 3.8) is 0 Å². The van der Waals surface area contributed by atoms with Crippen LogP contribution in [0.4, 0.5) is 0 Å². The zero-order chi connectivity index (χ0) is 13.8. The van der Waals surface area contributed by atoms with Gasteiger partial charge in [0.15, 0.2) is 0 Å². The van der Waals surface area contributed by atoms with E-state index in [2.05, 4.69) is 47.9 Å². The summed E-state index contributed by atoms with van der Waals surface area (Å²) in [5, 5.41) is 0. The number of hydrogen-bond acceptors (Lipinski definition) is 2. The highest BCUT2D eigenvalue weighted by atomic mass is 32.1. The average molecular weight is 289 g/mol. The Kier molecular flexibility index (Phi) is 5.06. The molecule has 0 amide bonds. The second-order valence-corrected chi connectivity index (χ2v) is 6.90. The zero-order valence-corrected chi connectivity index (χ0v) is 13.3. The first-order valence-electron chi connectivity index (χ1n) is 8.28. The van der Waals surface area contributed by atoms with Crippen molar-refractivity contribution in [3.8, 4) is 0 Å². The van der Waals surface area contributed by atoms with E-state index in [4.69, 9.17) is 0 Å². The summed E-state index contributed by atoms with van der Waals surface area (Å²) in [4.78, 5) is 2.79. The zero-order valence-electron chi connectivity index (χ0n) is 12.4. The Morgan fingerprint density at radius 2 is 1.80 bits per heavy atom. The molecule has 2 fully saturated rings. The van der Waals surface area contributed by atoms with E-state index in [-0.39, 0.29) is 0 Å². The lowest BCUT2D eigenvalue weighted by atomic mass is 9.78. The van der Waals surface area contributed by atoms with Gasteiger partial charge in [-0.1, -0.05) is 43.2 Å². The molecule has 0 bridgehead atoms. The molecule has 1 heterocycles. The number of thiol groups is 1. The van der Waals surface area contributed by atoms with E-state index in [1.807, 2.05) is 0 Å². The number of likely N-dealkylation sites (tertiary alicyclic amines) is 1. The number of piperidine rings is 1. The highest BCUT2D eigenvalue weighted by Crippen LogP contribution is 2.36. The lowest BCUT2D eigenvalue weighted by Crippen LogP contribution is -2.48. The molecule has 0 spiro atoms. The summed E-state index contributed by atoms with van der Waals surface area (Å²) >= 11 is 4.62. The van der Waals surface area contributed by atoms with Gasteiger partial charge in [-0.3, -0.25) is 4.90 Å². The van der Waals surface area contributed by atoms with Gasteiger partial charge in [0.05, 0.1) is 0 Å². The quantitative estimate of drug-likeness (QED) is 0.806. The summed E-state index contributed by atoms with van der Waals surface area (Å²) in [5.74, 6) is 2.52. The van der Waals surface area contributed by atoms with E-state index in [9.17, 15) is 0 Å². The molecule has 110 valence electrons. The van der Waals surface area contributed by atoms with Crippen LogP contribution in [0, 0.1) is 5.92 Å². The fourth-order valence-electron chi connectivity index (χ4n) is 4.23. The van der Waals surface area contributed by atoms with Crippen LogP contribution in [0.1, 0.15) is 50.0 Å². The maximum atomic E-state index is 4.62. The van der Waals surface area contributed by atoms with Gasteiger partial charge in [0.1, 0.15) is 0 Å². The lowest BCUT2D eigenvalue weighted by Gasteiger charge is -2.45. The van der Waals surface area contributed by atoms with Gasteiger partial charge in [0.25, 0.3) is 0 Å². The van der Waals surface area contributed by atoms with Crippen molar-refractivity contribution in [1.29, 1.82) is 0 Å². The van der Waals surface area contributed by atoms with Crippen LogP contribution in [0.3, 0.4) is 0 Å². The Hall–Kier alpha value is -0.470. The Bertz CT molecular complexity index is 403. The van der Waals surface area contributed by atoms with Crippen molar-refractivity contribution in [2.24, 2.45) is 5.92 Å². The first kappa shape index (κ1) is 14.5. The van der Waals surface area contributed by atoms with Gasteiger partial charge in [-0.2, -0.15) is 12.6 Å². The maximum Gasteiger partial charge on any atom is 0.0124 e. The van der Waals surface area contributed by atoms with Crippen molar-refractivity contribution >= 4 is 12.6 Å². The molecule has 2 heteroatoms. The van der Waals surface area contributed by atoms with Gasteiger partial charge in [-0.25, -0.2) is 0 Å². The fourth-order valence-corrected chi connectivity index (χ4v) is 4.56. The first-order valence-corrected chi connectivity index (χ1v) is 8.91. The second-order valence-electron chi connectivity index (χ2n) is 6.54. The summed E-state index contributed by atoms with van der Waals surface area (Å²) in [7, 11) is 0. The first-order chi connectivity index (χ1) is 9.88. The smallest absolute Gasteiger partial charge is 0.0124 e. The third-order valence-electron chi connectivity index (χ3n) is 5.30. The van der Waals surface area contributed by atoms with Gasteiger partial charge >= 0.3 is 0 Å². The Morgan fingerprint density at radius 1 is 1.05 bits per heavy atom. The maximum absolute atomic E-state index is 4.62. The van der Waals surface area contributed by atoms with Crippen molar-refractivity contribution in [2.45, 2.75) is 50.5 Å². The SMILES string of the molecule is SCC(CN1CCCC2CCCCC21)c1ccccc1. The van der Waals surface area contributed by atoms with Crippen LogP contribution in [-0.4, -0.2) is 29.8 Å². The minimum atomic E-state index is 0.584. The molecule has 0 N–H and O–H groups in total. The molecule has 2 aliphatic rings. The largest absolute Gasteiger partial charge is 0.299 e. The summed E-state index contributed by atoms with van der Waals surface area (Å²) in [6.45, 7) is 2.51. The van der Waals surface area contributed by atoms with E-state index in [1.54, 1.807) is 0 Å². The molecule has 20 heavy (non-hydrogen) atoms. The molecule has 1 aromatic rings. The second kappa shape index (κ2) is 7.00. The van der Waals surface area contributed by atoms with E-state index in [0.717, 1.165) is 17.7 Å². The van der Waals surface area contributed by atoms with E-state index in [1.165, 1.54) is 57.2 Å². The number of nitrogens with zero attached hydrogens (tertiary/aromatic N) is 1. The predicted molar refractivity (Wildman–Crippen MR) is 89.6 cm³/mol. The molecule has 1 saturated heterocycles. The van der Waals surface area contributed by atoms with E-state index < -0.39 is 0 Å². The van der Waals surface area contributed by atoms with Crippen LogP contribution in [0.25, 0.3) is 0 Å². The molecular weight excluding hydrogens is 262 g/mol. The van der Waals surface area contributed by atoms with Gasteiger partial charge in [0.2, 0.25) is 0 Å². The molecule has 1 nitrogen and oxygen atoms in total. The molecule has 1 aromatic carbocycles. The molecule has 1 saturated carbocycles. The highest BCUT2D eigenvalue weighted by Gasteiger charge is 2.33. The topological polar surface area (TPSA) is 3.24 Å². The Morgan fingerprint density at radius 3 is 2.60 bits per heavy atom. The van der Waals surface area contributed by atoms with Crippen LogP contribution < -0.4 is 0 Å². The monoisotopic (exact) mass is 289 g/mol. The standard InChI is InChI=1S/C18H27NS/c20-14-17(15-7-2-1-3-8-15)13-19-12-6-10-16-9-4-5-11-18(16)19/h1-3,7-8,16-18,20H,4-6,9-14H2. The molecule has 3 unspecified atom stereocenters. The summed E-state index contributed by atoms with van der Waals surface area (Å²) < 4.78 is 0. The molecule has 0 radical (unpaired) electrons. The van der Waals surface area contributed by atoms with Crippen LogP contribution in [0.2, 0.25) is 0 Å². The van der Waals surface area contributed by atoms with Gasteiger partial charge in [-0.05, 0) is 49.5 Å². The fraction of sp³-hybridized carbons (Fsp3) is 0.667. The number of rotatable bonds is 4. The minimum absolute atomic E-state index is 0.584. The van der Waals surface area contributed by atoms with Crippen LogP contribution >= 0.6 is 12.6 Å². The normalized spacial score (nSPS) is 28.9. The third kappa shape index (κ3) is 3.23. The molecule has 3 atom stereocenters. The molecular formula is C18H27NS. The van der Waals surface area contributed by atoms with Crippen molar-refractivity contribution in [3.05, 3.63) is 35.9 Å². The van der Waals surface area contributed by atoms with Crippen LogP contribution in [-0.2, 0) is 0 Å². The molecule has 1 aliphatic heterocycles. The van der Waals surface area contributed by atoms with Crippen molar-refractivity contribution in [1.82, 2.24) is 4.90 Å². The molecule has 3 rings (SSSR count). The molecule has 0 aromatic heterocycles.